The molecular weight excluding hydrogens is 266 g/mol. The van der Waals surface area contributed by atoms with E-state index in [0.29, 0.717) is 17.9 Å². The fourth-order valence-electron chi connectivity index (χ4n) is 2.11. The summed E-state index contributed by atoms with van der Waals surface area (Å²) in [5.41, 5.74) is 2.47. The van der Waals surface area contributed by atoms with E-state index in [-0.39, 0.29) is 5.91 Å². The molecule has 1 N–H and O–H groups in total. The van der Waals surface area contributed by atoms with E-state index < -0.39 is 0 Å². The topological polar surface area (TPSA) is 60.1 Å². The molecule has 0 unspecified atom stereocenters. The smallest absolute Gasteiger partial charge is 0.260 e. The Balaban J connectivity index is 1.81. The molecule has 0 spiro atoms. The lowest BCUT2D eigenvalue weighted by Gasteiger charge is -2.08. The van der Waals surface area contributed by atoms with Crippen molar-refractivity contribution in [2.75, 3.05) is 5.32 Å². The van der Waals surface area contributed by atoms with Crippen LogP contribution in [0.5, 0.6) is 0 Å². The molecule has 21 heavy (non-hydrogen) atoms. The molecule has 1 aromatic carbocycles. The first-order chi connectivity index (χ1) is 10.2. The SMILES string of the molecule is Cc1cc(NC(=O)c2ccoc2)n(Cc2ccccc2)n1. The second-order valence-electron chi connectivity index (χ2n) is 4.78. The minimum atomic E-state index is -0.210. The summed E-state index contributed by atoms with van der Waals surface area (Å²) in [5, 5.41) is 7.27. The number of nitrogens with zero attached hydrogens (tertiary/aromatic N) is 2. The van der Waals surface area contributed by atoms with Crippen molar-refractivity contribution in [3.63, 3.8) is 0 Å². The zero-order chi connectivity index (χ0) is 14.7. The van der Waals surface area contributed by atoms with E-state index in [1.807, 2.05) is 43.3 Å². The molecule has 0 radical (unpaired) electrons. The van der Waals surface area contributed by atoms with Gasteiger partial charge < -0.3 is 9.73 Å². The highest BCUT2D eigenvalue weighted by Crippen LogP contribution is 2.14. The highest BCUT2D eigenvalue weighted by Gasteiger charge is 2.12. The van der Waals surface area contributed by atoms with Crippen molar-refractivity contribution < 1.29 is 9.21 Å². The fourth-order valence-corrected chi connectivity index (χ4v) is 2.11. The quantitative estimate of drug-likeness (QED) is 0.799. The van der Waals surface area contributed by atoms with Gasteiger partial charge in [-0.05, 0) is 18.6 Å². The third kappa shape index (κ3) is 3.02. The number of hydrogen-bond acceptors (Lipinski definition) is 3. The van der Waals surface area contributed by atoms with E-state index in [4.69, 9.17) is 4.42 Å². The minimum Gasteiger partial charge on any atom is -0.472 e. The average molecular weight is 281 g/mol. The van der Waals surface area contributed by atoms with E-state index in [1.165, 1.54) is 12.5 Å². The summed E-state index contributed by atoms with van der Waals surface area (Å²) in [6.45, 7) is 2.50. The Morgan fingerprint density at radius 2 is 2.10 bits per heavy atom. The highest BCUT2D eigenvalue weighted by atomic mass is 16.3. The van der Waals surface area contributed by atoms with Crippen LogP contribution in [0.2, 0.25) is 0 Å². The Hall–Kier alpha value is -2.82. The number of benzene rings is 1. The molecule has 2 heterocycles. The molecule has 106 valence electrons. The number of rotatable bonds is 4. The summed E-state index contributed by atoms with van der Waals surface area (Å²) in [6.07, 6.45) is 2.89. The number of amides is 1. The Labute approximate surface area is 122 Å². The monoisotopic (exact) mass is 281 g/mol. The van der Waals surface area contributed by atoms with E-state index in [1.54, 1.807) is 10.7 Å². The van der Waals surface area contributed by atoms with Gasteiger partial charge in [0.25, 0.3) is 5.91 Å². The van der Waals surface area contributed by atoms with E-state index in [9.17, 15) is 4.79 Å². The van der Waals surface area contributed by atoms with E-state index >= 15 is 0 Å². The molecule has 0 saturated carbocycles. The Bertz CT molecular complexity index is 730. The molecular formula is C16H15N3O2. The summed E-state index contributed by atoms with van der Waals surface area (Å²) >= 11 is 0. The molecule has 5 nitrogen and oxygen atoms in total. The van der Waals surface area contributed by atoms with Crippen LogP contribution in [-0.2, 0) is 6.54 Å². The third-order valence-electron chi connectivity index (χ3n) is 3.10. The summed E-state index contributed by atoms with van der Waals surface area (Å²) in [7, 11) is 0. The molecule has 3 aromatic rings. The lowest BCUT2D eigenvalue weighted by Crippen LogP contribution is -2.15. The average Bonchev–Trinajstić information content (AvgIpc) is 3.11. The van der Waals surface area contributed by atoms with Gasteiger partial charge in [-0.25, -0.2) is 4.68 Å². The summed E-state index contributed by atoms with van der Waals surface area (Å²) < 4.78 is 6.70. The number of aryl methyl sites for hydroxylation is 1. The molecule has 0 bridgehead atoms. The number of aromatic nitrogens is 2. The normalized spacial score (nSPS) is 10.5. The van der Waals surface area contributed by atoms with Crippen molar-refractivity contribution in [3.05, 3.63) is 71.8 Å². The van der Waals surface area contributed by atoms with E-state index in [2.05, 4.69) is 10.4 Å². The van der Waals surface area contributed by atoms with Crippen molar-refractivity contribution in [2.24, 2.45) is 0 Å². The van der Waals surface area contributed by atoms with Crippen LogP contribution in [0.3, 0.4) is 0 Å². The lowest BCUT2D eigenvalue weighted by molar-refractivity contribution is 0.102. The molecule has 5 heteroatoms. The maximum Gasteiger partial charge on any atom is 0.260 e. The summed E-state index contributed by atoms with van der Waals surface area (Å²) in [4.78, 5) is 12.1. The van der Waals surface area contributed by atoms with Gasteiger partial charge in [-0.1, -0.05) is 30.3 Å². The molecule has 0 saturated heterocycles. The zero-order valence-corrected chi connectivity index (χ0v) is 11.6. The maximum absolute atomic E-state index is 12.1. The zero-order valence-electron chi connectivity index (χ0n) is 11.6. The van der Waals surface area contributed by atoms with Crippen LogP contribution < -0.4 is 5.32 Å². The van der Waals surface area contributed by atoms with Gasteiger partial charge in [0.1, 0.15) is 12.1 Å². The Morgan fingerprint density at radius 3 is 2.81 bits per heavy atom. The molecule has 3 rings (SSSR count). The van der Waals surface area contributed by atoms with E-state index in [0.717, 1.165) is 11.3 Å². The first-order valence-electron chi connectivity index (χ1n) is 6.64. The standard InChI is InChI=1S/C16H15N3O2/c1-12-9-15(17-16(20)14-7-8-21-11-14)19(18-12)10-13-5-3-2-4-6-13/h2-9,11H,10H2,1H3,(H,17,20). The molecule has 0 aliphatic carbocycles. The van der Waals surface area contributed by atoms with Crippen LogP contribution in [0, 0.1) is 6.92 Å². The largest absolute Gasteiger partial charge is 0.472 e. The number of nitrogens with one attached hydrogen (secondary N) is 1. The van der Waals surface area contributed by atoms with Crippen LogP contribution in [-0.4, -0.2) is 15.7 Å². The first kappa shape index (κ1) is 13.2. The van der Waals surface area contributed by atoms with Gasteiger partial charge in [0.05, 0.1) is 24.1 Å². The van der Waals surface area contributed by atoms with Crippen molar-refractivity contribution in [1.29, 1.82) is 0 Å². The molecule has 0 aliphatic rings. The van der Waals surface area contributed by atoms with Crippen LogP contribution in [0.1, 0.15) is 21.6 Å². The molecule has 0 aliphatic heterocycles. The number of furan rings is 1. The number of hydrogen-bond donors (Lipinski definition) is 1. The molecule has 1 amide bonds. The predicted octanol–water partition coefficient (Wildman–Crippen LogP) is 3.09. The molecule has 0 fully saturated rings. The van der Waals surface area contributed by atoms with Crippen LogP contribution in [0.15, 0.2) is 59.4 Å². The summed E-state index contributed by atoms with van der Waals surface area (Å²) in [5.74, 6) is 0.459. The number of carbonyl (C=O) groups is 1. The first-order valence-corrected chi connectivity index (χ1v) is 6.64. The van der Waals surface area contributed by atoms with Gasteiger partial charge in [0, 0.05) is 6.07 Å². The fraction of sp³-hybridized carbons (Fsp3) is 0.125. The maximum atomic E-state index is 12.1. The van der Waals surface area contributed by atoms with Gasteiger partial charge in [-0.15, -0.1) is 0 Å². The number of carbonyl (C=O) groups excluding carboxylic acids is 1. The highest BCUT2D eigenvalue weighted by molar-refractivity contribution is 6.03. The van der Waals surface area contributed by atoms with Gasteiger partial charge in [-0.2, -0.15) is 5.10 Å². The number of anilines is 1. The van der Waals surface area contributed by atoms with Crippen molar-refractivity contribution in [1.82, 2.24) is 9.78 Å². The van der Waals surface area contributed by atoms with Gasteiger partial charge in [-0.3, -0.25) is 4.79 Å². The predicted molar refractivity (Wildman–Crippen MR) is 79.2 cm³/mol. The second-order valence-corrected chi connectivity index (χ2v) is 4.78. The molecule has 2 aromatic heterocycles. The van der Waals surface area contributed by atoms with Gasteiger partial charge >= 0.3 is 0 Å². The van der Waals surface area contributed by atoms with Crippen molar-refractivity contribution >= 4 is 11.7 Å². The third-order valence-corrected chi connectivity index (χ3v) is 3.10. The summed E-state index contributed by atoms with van der Waals surface area (Å²) in [6, 6.07) is 13.5. The van der Waals surface area contributed by atoms with Crippen LogP contribution in [0.4, 0.5) is 5.82 Å². The molecule has 0 atom stereocenters. The van der Waals surface area contributed by atoms with Crippen LogP contribution >= 0.6 is 0 Å². The van der Waals surface area contributed by atoms with Crippen molar-refractivity contribution in [3.8, 4) is 0 Å². The Morgan fingerprint density at radius 1 is 1.29 bits per heavy atom. The van der Waals surface area contributed by atoms with Gasteiger partial charge in [0.15, 0.2) is 0 Å². The lowest BCUT2D eigenvalue weighted by atomic mass is 10.2. The van der Waals surface area contributed by atoms with Crippen molar-refractivity contribution in [2.45, 2.75) is 13.5 Å². The van der Waals surface area contributed by atoms with Crippen LogP contribution in [0.25, 0.3) is 0 Å². The van der Waals surface area contributed by atoms with Gasteiger partial charge in [0.2, 0.25) is 0 Å². The Kier molecular flexibility index (Phi) is 3.55. The second kappa shape index (κ2) is 5.66. The minimum absolute atomic E-state index is 0.210.